The third kappa shape index (κ3) is 5.21. The van der Waals surface area contributed by atoms with Crippen molar-refractivity contribution in [3.8, 4) is 5.75 Å². The van der Waals surface area contributed by atoms with Crippen molar-refractivity contribution < 1.29 is 17.9 Å². The Hall–Kier alpha value is -1.60. The van der Waals surface area contributed by atoms with Gasteiger partial charge in [0, 0.05) is 19.6 Å². The van der Waals surface area contributed by atoms with E-state index in [2.05, 4.69) is 12.2 Å². The maximum atomic E-state index is 12.4. The van der Waals surface area contributed by atoms with Gasteiger partial charge < -0.3 is 10.1 Å². The minimum atomic E-state index is -3.41. The molecule has 0 unspecified atom stereocenters. The first kappa shape index (κ1) is 18.7. The minimum absolute atomic E-state index is 0.0651. The fraction of sp³-hybridized carbons (Fsp3) is 0.588. The number of rotatable bonds is 9. The first-order valence-electron chi connectivity index (χ1n) is 8.53. The lowest BCUT2D eigenvalue weighted by Crippen LogP contribution is -2.29. The average Bonchev–Trinajstić information content (AvgIpc) is 3.13. The first-order chi connectivity index (χ1) is 11.5. The Labute approximate surface area is 144 Å². The van der Waals surface area contributed by atoms with Crippen LogP contribution >= 0.6 is 0 Å². The van der Waals surface area contributed by atoms with Gasteiger partial charge in [0.1, 0.15) is 5.75 Å². The fourth-order valence-corrected chi connectivity index (χ4v) is 4.11. The normalized spacial score (nSPS) is 15.4. The Bertz CT molecular complexity index is 622. The summed E-state index contributed by atoms with van der Waals surface area (Å²) in [6.45, 7) is 3.86. The monoisotopic (exact) mass is 354 g/mol. The zero-order chi connectivity index (χ0) is 17.4. The van der Waals surface area contributed by atoms with Gasteiger partial charge in [-0.15, -0.1) is 0 Å². The summed E-state index contributed by atoms with van der Waals surface area (Å²) in [6, 6.07) is 6.24. The van der Waals surface area contributed by atoms with Crippen LogP contribution in [0.5, 0.6) is 5.75 Å². The van der Waals surface area contributed by atoms with Gasteiger partial charge in [0.15, 0.2) is 6.61 Å². The highest BCUT2D eigenvalue weighted by Crippen LogP contribution is 2.22. The van der Waals surface area contributed by atoms with E-state index in [-0.39, 0.29) is 17.4 Å². The summed E-state index contributed by atoms with van der Waals surface area (Å²) in [5.74, 6) is 0.318. The maximum Gasteiger partial charge on any atom is 0.257 e. The molecule has 134 valence electrons. The molecule has 1 aliphatic heterocycles. The molecule has 1 N–H and O–H groups in total. The standard InChI is InChI=1S/C17H26N2O4S/c1-2-3-4-11-18-17(20)14-23-15-7-9-16(10-8-15)24(21,22)19-12-5-6-13-19/h7-10H,2-6,11-14H2,1H3,(H,18,20). The number of ether oxygens (including phenoxy) is 1. The SMILES string of the molecule is CCCCCNC(=O)COc1ccc(S(=O)(=O)N2CCCC2)cc1. The van der Waals surface area contributed by atoms with Gasteiger partial charge in [-0.2, -0.15) is 4.31 Å². The van der Waals surface area contributed by atoms with E-state index in [1.165, 1.54) is 16.4 Å². The van der Waals surface area contributed by atoms with Gasteiger partial charge in [0.2, 0.25) is 10.0 Å². The van der Waals surface area contributed by atoms with Gasteiger partial charge in [-0.1, -0.05) is 19.8 Å². The molecular formula is C17H26N2O4S. The van der Waals surface area contributed by atoms with Crippen LogP contribution in [0.2, 0.25) is 0 Å². The summed E-state index contributed by atoms with van der Waals surface area (Å²) in [5, 5.41) is 2.79. The predicted molar refractivity (Wildman–Crippen MR) is 92.5 cm³/mol. The van der Waals surface area contributed by atoms with Crippen molar-refractivity contribution in [3.63, 3.8) is 0 Å². The molecule has 0 bridgehead atoms. The smallest absolute Gasteiger partial charge is 0.257 e. The summed E-state index contributed by atoms with van der Waals surface area (Å²) in [6.07, 6.45) is 4.99. The van der Waals surface area contributed by atoms with Gasteiger partial charge >= 0.3 is 0 Å². The maximum absolute atomic E-state index is 12.4. The quantitative estimate of drug-likeness (QED) is 0.690. The molecule has 0 radical (unpaired) electrons. The van der Waals surface area contributed by atoms with E-state index < -0.39 is 10.0 Å². The number of amides is 1. The number of carbonyl (C=O) groups is 1. The lowest BCUT2D eigenvalue weighted by molar-refractivity contribution is -0.123. The van der Waals surface area contributed by atoms with Crippen LogP contribution < -0.4 is 10.1 Å². The topological polar surface area (TPSA) is 75.7 Å². The van der Waals surface area contributed by atoms with Crippen molar-refractivity contribution in [1.29, 1.82) is 0 Å². The van der Waals surface area contributed by atoms with Crippen LogP contribution in [0.1, 0.15) is 39.0 Å². The molecule has 0 spiro atoms. The second-order valence-corrected chi connectivity index (χ2v) is 7.87. The average molecular weight is 354 g/mol. The highest BCUT2D eigenvalue weighted by atomic mass is 32.2. The molecule has 1 saturated heterocycles. The van der Waals surface area contributed by atoms with Crippen LogP contribution in [-0.2, 0) is 14.8 Å². The van der Waals surface area contributed by atoms with Crippen molar-refractivity contribution in [2.24, 2.45) is 0 Å². The highest BCUT2D eigenvalue weighted by molar-refractivity contribution is 7.89. The fourth-order valence-electron chi connectivity index (χ4n) is 2.59. The van der Waals surface area contributed by atoms with Crippen LogP contribution in [0.25, 0.3) is 0 Å². The van der Waals surface area contributed by atoms with E-state index in [1.54, 1.807) is 12.1 Å². The number of benzene rings is 1. The van der Waals surface area contributed by atoms with Gasteiger partial charge in [-0.25, -0.2) is 8.42 Å². The molecule has 0 aromatic heterocycles. The molecule has 6 nitrogen and oxygen atoms in total. The molecule has 1 aromatic carbocycles. The molecule has 1 aromatic rings. The third-order valence-corrected chi connectivity index (χ3v) is 5.91. The second-order valence-electron chi connectivity index (χ2n) is 5.93. The summed E-state index contributed by atoms with van der Waals surface area (Å²) >= 11 is 0. The number of unbranched alkanes of at least 4 members (excludes halogenated alkanes) is 2. The number of hydrogen-bond donors (Lipinski definition) is 1. The Morgan fingerprint density at radius 1 is 1.17 bits per heavy atom. The number of sulfonamides is 1. The van der Waals surface area contributed by atoms with Crippen LogP contribution in [0, 0.1) is 0 Å². The summed E-state index contributed by atoms with van der Waals surface area (Å²) in [7, 11) is -3.41. The number of nitrogens with zero attached hydrogens (tertiary/aromatic N) is 1. The van der Waals surface area contributed by atoms with E-state index in [0.717, 1.165) is 32.1 Å². The van der Waals surface area contributed by atoms with Crippen LogP contribution in [0.3, 0.4) is 0 Å². The molecule has 1 aliphatic rings. The molecule has 1 amide bonds. The van der Waals surface area contributed by atoms with E-state index in [9.17, 15) is 13.2 Å². The van der Waals surface area contributed by atoms with Crippen LogP contribution in [0.4, 0.5) is 0 Å². The number of carbonyl (C=O) groups excluding carboxylic acids is 1. The summed E-state index contributed by atoms with van der Waals surface area (Å²) in [5.41, 5.74) is 0. The van der Waals surface area contributed by atoms with Gasteiger partial charge in [-0.3, -0.25) is 4.79 Å². The highest BCUT2D eigenvalue weighted by Gasteiger charge is 2.26. The number of hydrogen-bond acceptors (Lipinski definition) is 4. The Balaban J connectivity index is 1.82. The summed E-state index contributed by atoms with van der Waals surface area (Å²) in [4.78, 5) is 11.9. The van der Waals surface area contributed by atoms with E-state index in [0.29, 0.717) is 25.4 Å². The zero-order valence-electron chi connectivity index (χ0n) is 14.2. The second kappa shape index (κ2) is 9.03. The third-order valence-electron chi connectivity index (χ3n) is 4.00. The lowest BCUT2D eigenvalue weighted by Gasteiger charge is -2.15. The molecular weight excluding hydrogens is 328 g/mol. The van der Waals surface area contributed by atoms with Gasteiger partial charge in [0.05, 0.1) is 4.90 Å². The summed E-state index contributed by atoms with van der Waals surface area (Å²) < 4.78 is 31.7. The van der Waals surface area contributed by atoms with Crippen molar-refractivity contribution in [2.45, 2.75) is 43.9 Å². The zero-order valence-corrected chi connectivity index (χ0v) is 15.0. The van der Waals surface area contributed by atoms with Gasteiger partial charge in [-0.05, 0) is 43.5 Å². The van der Waals surface area contributed by atoms with E-state index in [1.807, 2.05) is 0 Å². The Morgan fingerprint density at radius 3 is 2.46 bits per heavy atom. The largest absolute Gasteiger partial charge is 0.484 e. The van der Waals surface area contributed by atoms with Gasteiger partial charge in [0.25, 0.3) is 5.91 Å². The molecule has 0 atom stereocenters. The molecule has 1 heterocycles. The minimum Gasteiger partial charge on any atom is -0.484 e. The lowest BCUT2D eigenvalue weighted by atomic mass is 10.2. The van der Waals surface area contributed by atoms with Crippen LogP contribution in [-0.4, -0.2) is 44.9 Å². The van der Waals surface area contributed by atoms with Crippen molar-refractivity contribution >= 4 is 15.9 Å². The predicted octanol–water partition coefficient (Wildman–Crippen LogP) is 2.16. The van der Waals surface area contributed by atoms with E-state index in [4.69, 9.17) is 4.74 Å². The molecule has 2 rings (SSSR count). The van der Waals surface area contributed by atoms with Crippen molar-refractivity contribution in [2.75, 3.05) is 26.2 Å². The molecule has 0 aliphatic carbocycles. The van der Waals surface area contributed by atoms with Crippen molar-refractivity contribution in [1.82, 2.24) is 9.62 Å². The first-order valence-corrected chi connectivity index (χ1v) is 9.98. The van der Waals surface area contributed by atoms with Crippen molar-refractivity contribution in [3.05, 3.63) is 24.3 Å². The Morgan fingerprint density at radius 2 is 1.83 bits per heavy atom. The molecule has 1 fully saturated rings. The van der Waals surface area contributed by atoms with E-state index >= 15 is 0 Å². The molecule has 24 heavy (non-hydrogen) atoms. The Kier molecular flexibility index (Phi) is 7.05. The molecule has 7 heteroatoms. The van der Waals surface area contributed by atoms with Crippen LogP contribution in [0.15, 0.2) is 29.2 Å². The molecule has 0 saturated carbocycles. The number of nitrogens with one attached hydrogen (secondary N) is 1.